The Bertz CT molecular complexity index is 609. The Morgan fingerprint density at radius 2 is 1.85 bits per heavy atom. The molecule has 0 amide bonds. The molecule has 2 aromatic rings. The van der Waals surface area contributed by atoms with Crippen LogP contribution in [0, 0.1) is 11.6 Å². The van der Waals surface area contributed by atoms with Gasteiger partial charge in [0, 0.05) is 6.42 Å². The molecular weight excluding hydrogens is 262 g/mol. The van der Waals surface area contributed by atoms with Gasteiger partial charge in [-0.1, -0.05) is 18.2 Å². The topological polar surface area (TPSA) is 29.5 Å². The van der Waals surface area contributed by atoms with Crippen LogP contribution in [0.15, 0.2) is 42.5 Å². The molecule has 1 unspecified atom stereocenters. The summed E-state index contributed by atoms with van der Waals surface area (Å²) in [6.45, 7) is 1.48. The van der Waals surface area contributed by atoms with E-state index < -0.39 is 17.2 Å². The van der Waals surface area contributed by atoms with Gasteiger partial charge in [0.1, 0.15) is 17.4 Å². The summed E-state index contributed by atoms with van der Waals surface area (Å²) in [5.41, 5.74) is -0.836. The van der Waals surface area contributed by atoms with Crippen molar-refractivity contribution in [2.75, 3.05) is 7.11 Å². The first-order valence-corrected chi connectivity index (χ1v) is 6.24. The zero-order valence-electron chi connectivity index (χ0n) is 11.4. The van der Waals surface area contributed by atoms with Gasteiger partial charge in [0.25, 0.3) is 0 Å². The third-order valence-electron chi connectivity index (χ3n) is 3.17. The SMILES string of the molecule is COc1cccc(F)c1C(C)(O)Cc1cccc(F)c1. The van der Waals surface area contributed by atoms with Gasteiger partial charge in [-0.05, 0) is 36.8 Å². The van der Waals surface area contributed by atoms with Gasteiger partial charge >= 0.3 is 0 Å². The van der Waals surface area contributed by atoms with E-state index in [4.69, 9.17) is 4.74 Å². The van der Waals surface area contributed by atoms with Crippen molar-refractivity contribution in [1.82, 2.24) is 0 Å². The zero-order chi connectivity index (χ0) is 14.8. The molecule has 0 heterocycles. The van der Waals surface area contributed by atoms with Gasteiger partial charge in [0.15, 0.2) is 0 Å². The van der Waals surface area contributed by atoms with Crippen molar-refractivity contribution in [1.29, 1.82) is 0 Å². The number of ether oxygens (including phenoxy) is 1. The van der Waals surface area contributed by atoms with Crippen LogP contribution in [0.2, 0.25) is 0 Å². The fourth-order valence-electron chi connectivity index (χ4n) is 2.33. The molecule has 106 valence electrons. The first-order valence-electron chi connectivity index (χ1n) is 6.24. The minimum absolute atomic E-state index is 0.0757. The van der Waals surface area contributed by atoms with E-state index >= 15 is 0 Å². The maximum absolute atomic E-state index is 14.0. The van der Waals surface area contributed by atoms with Gasteiger partial charge < -0.3 is 9.84 Å². The fourth-order valence-corrected chi connectivity index (χ4v) is 2.33. The number of methoxy groups -OCH3 is 1. The molecule has 2 rings (SSSR count). The molecule has 0 aliphatic heterocycles. The van der Waals surface area contributed by atoms with E-state index in [2.05, 4.69) is 0 Å². The lowest BCUT2D eigenvalue weighted by Gasteiger charge is -2.26. The zero-order valence-corrected chi connectivity index (χ0v) is 11.4. The number of aliphatic hydroxyl groups is 1. The summed E-state index contributed by atoms with van der Waals surface area (Å²) in [7, 11) is 1.41. The van der Waals surface area contributed by atoms with Crippen LogP contribution in [0.25, 0.3) is 0 Å². The lowest BCUT2D eigenvalue weighted by molar-refractivity contribution is 0.0509. The van der Waals surface area contributed by atoms with Gasteiger partial charge in [0.05, 0.1) is 18.3 Å². The number of rotatable bonds is 4. The first-order chi connectivity index (χ1) is 9.44. The maximum atomic E-state index is 14.0. The summed E-state index contributed by atoms with van der Waals surface area (Å²) in [5, 5.41) is 10.6. The second-order valence-corrected chi connectivity index (χ2v) is 4.90. The summed E-state index contributed by atoms with van der Waals surface area (Å²) >= 11 is 0. The van der Waals surface area contributed by atoms with Crippen LogP contribution in [0.4, 0.5) is 8.78 Å². The molecule has 20 heavy (non-hydrogen) atoms. The predicted molar refractivity (Wildman–Crippen MR) is 72.6 cm³/mol. The van der Waals surface area contributed by atoms with Crippen molar-refractivity contribution in [3.63, 3.8) is 0 Å². The smallest absolute Gasteiger partial charge is 0.133 e. The summed E-state index contributed by atoms with van der Waals surface area (Å²) in [5.74, 6) is -0.670. The highest BCUT2D eigenvalue weighted by Gasteiger charge is 2.30. The summed E-state index contributed by atoms with van der Waals surface area (Å²) in [6.07, 6.45) is 0.0854. The lowest BCUT2D eigenvalue weighted by Crippen LogP contribution is -2.26. The molecule has 4 heteroatoms. The molecule has 2 nitrogen and oxygen atoms in total. The van der Waals surface area contributed by atoms with Gasteiger partial charge in [-0.3, -0.25) is 0 Å². The molecule has 0 radical (unpaired) electrons. The Kier molecular flexibility index (Phi) is 4.04. The molecule has 0 fully saturated rings. The summed E-state index contributed by atoms with van der Waals surface area (Å²) in [6, 6.07) is 10.2. The molecule has 0 aliphatic rings. The summed E-state index contributed by atoms with van der Waals surface area (Å²) < 4.78 is 32.3. The van der Waals surface area contributed by atoms with E-state index in [9.17, 15) is 13.9 Å². The standard InChI is InChI=1S/C16H16F2O2/c1-16(19,10-11-5-3-6-12(17)9-11)15-13(18)7-4-8-14(15)20-2/h3-9,19H,10H2,1-2H3. The molecule has 0 saturated carbocycles. The highest BCUT2D eigenvalue weighted by atomic mass is 19.1. The predicted octanol–water partition coefficient (Wildman–Crippen LogP) is 3.42. The Morgan fingerprint density at radius 1 is 1.15 bits per heavy atom. The van der Waals surface area contributed by atoms with E-state index in [1.807, 2.05) is 0 Å². The minimum atomic E-state index is -1.50. The number of benzene rings is 2. The van der Waals surface area contributed by atoms with Crippen LogP contribution in [0.1, 0.15) is 18.1 Å². The van der Waals surface area contributed by atoms with Crippen molar-refractivity contribution in [3.8, 4) is 5.75 Å². The highest BCUT2D eigenvalue weighted by Crippen LogP contribution is 2.34. The number of halogens is 2. The Hall–Kier alpha value is -1.94. The van der Waals surface area contributed by atoms with Crippen LogP contribution in [0.3, 0.4) is 0 Å². The number of hydrogen-bond donors (Lipinski definition) is 1. The Morgan fingerprint density at radius 3 is 2.50 bits per heavy atom. The molecule has 1 N–H and O–H groups in total. The largest absolute Gasteiger partial charge is 0.496 e. The average Bonchev–Trinajstić information content (AvgIpc) is 2.37. The monoisotopic (exact) mass is 278 g/mol. The van der Waals surface area contributed by atoms with E-state index in [-0.39, 0.29) is 17.7 Å². The van der Waals surface area contributed by atoms with Crippen molar-refractivity contribution >= 4 is 0 Å². The molecule has 1 atom stereocenters. The van der Waals surface area contributed by atoms with Crippen molar-refractivity contribution in [3.05, 3.63) is 65.2 Å². The van der Waals surface area contributed by atoms with Crippen molar-refractivity contribution in [2.24, 2.45) is 0 Å². The quantitative estimate of drug-likeness (QED) is 0.928. The average molecular weight is 278 g/mol. The van der Waals surface area contributed by atoms with Crippen LogP contribution in [0.5, 0.6) is 5.75 Å². The normalized spacial score (nSPS) is 13.8. The third-order valence-corrected chi connectivity index (χ3v) is 3.17. The van der Waals surface area contributed by atoms with Crippen LogP contribution < -0.4 is 4.74 Å². The van der Waals surface area contributed by atoms with Gasteiger partial charge in [-0.25, -0.2) is 8.78 Å². The second-order valence-electron chi connectivity index (χ2n) is 4.90. The van der Waals surface area contributed by atoms with E-state index in [1.54, 1.807) is 18.2 Å². The lowest BCUT2D eigenvalue weighted by atomic mass is 9.88. The van der Waals surface area contributed by atoms with Crippen LogP contribution in [-0.4, -0.2) is 12.2 Å². The van der Waals surface area contributed by atoms with E-state index in [1.165, 1.54) is 38.3 Å². The molecular formula is C16H16F2O2. The molecule has 0 bridgehead atoms. The fraction of sp³-hybridized carbons (Fsp3) is 0.250. The Labute approximate surface area is 116 Å². The molecule has 0 saturated heterocycles. The summed E-state index contributed by atoms with van der Waals surface area (Å²) in [4.78, 5) is 0. The second kappa shape index (κ2) is 5.59. The Balaban J connectivity index is 2.40. The van der Waals surface area contributed by atoms with Crippen LogP contribution in [-0.2, 0) is 12.0 Å². The number of hydrogen-bond acceptors (Lipinski definition) is 2. The van der Waals surface area contributed by atoms with Crippen molar-refractivity contribution < 1.29 is 18.6 Å². The third kappa shape index (κ3) is 2.96. The highest BCUT2D eigenvalue weighted by molar-refractivity contribution is 5.40. The van der Waals surface area contributed by atoms with Crippen molar-refractivity contribution in [2.45, 2.75) is 18.9 Å². The van der Waals surface area contributed by atoms with Crippen LogP contribution >= 0.6 is 0 Å². The first kappa shape index (κ1) is 14.5. The van der Waals surface area contributed by atoms with E-state index in [0.717, 1.165) is 0 Å². The minimum Gasteiger partial charge on any atom is -0.496 e. The van der Waals surface area contributed by atoms with Gasteiger partial charge in [-0.2, -0.15) is 0 Å². The molecule has 0 spiro atoms. The van der Waals surface area contributed by atoms with Gasteiger partial charge in [0.2, 0.25) is 0 Å². The molecule has 0 aliphatic carbocycles. The molecule has 0 aromatic heterocycles. The molecule has 2 aromatic carbocycles. The van der Waals surface area contributed by atoms with Gasteiger partial charge in [-0.15, -0.1) is 0 Å². The van der Waals surface area contributed by atoms with E-state index in [0.29, 0.717) is 5.56 Å². The maximum Gasteiger partial charge on any atom is 0.133 e.